The molecule has 0 bridgehead atoms. The number of nitrogens with one attached hydrogen (secondary N) is 1. The predicted octanol–water partition coefficient (Wildman–Crippen LogP) is 3.18. The normalized spacial score (nSPS) is 10.4. The molecule has 0 saturated carbocycles. The number of rotatable bonds is 5. The third kappa shape index (κ3) is 3.56. The molecule has 0 aliphatic carbocycles. The Morgan fingerprint density at radius 1 is 1.05 bits per heavy atom. The highest BCUT2D eigenvalue weighted by Crippen LogP contribution is 2.13. The van der Waals surface area contributed by atoms with Crippen molar-refractivity contribution >= 4 is 17.2 Å². The van der Waals surface area contributed by atoms with Crippen LogP contribution in [0.3, 0.4) is 0 Å². The molecular weight excluding hydrogens is 294 g/mol. The lowest BCUT2D eigenvalue weighted by Gasteiger charge is -2.04. The number of carbonyl (C=O) groups is 1. The molecule has 0 aliphatic heterocycles. The number of aromatic nitrogens is 2. The van der Waals surface area contributed by atoms with Gasteiger partial charge in [-0.2, -0.15) is 0 Å². The number of amides is 1. The van der Waals surface area contributed by atoms with Gasteiger partial charge in [-0.05, 0) is 23.4 Å². The largest absolute Gasteiger partial charge is 0.351 e. The SMILES string of the molecule is O=C(NCCc1cnc(-c2ccccc2)nc1)c1cccs1. The van der Waals surface area contributed by atoms with E-state index in [0.29, 0.717) is 18.8 Å². The first kappa shape index (κ1) is 14.4. The molecule has 5 heteroatoms. The van der Waals surface area contributed by atoms with Gasteiger partial charge in [0.15, 0.2) is 5.82 Å². The second kappa shape index (κ2) is 6.95. The Morgan fingerprint density at radius 3 is 2.50 bits per heavy atom. The van der Waals surface area contributed by atoms with Gasteiger partial charge in [0.2, 0.25) is 0 Å². The van der Waals surface area contributed by atoms with E-state index in [9.17, 15) is 4.79 Å². The lowest BCUT2D eigenvalue weighted by Crippen LogP contribution is -2.24. The van der Waals surface area contributed by atoms with Gasteiger partial charge in [0.1, 0.15) is 0 Å². The first-order valence-electron chi connectivity index (χ1n) is 7.01. The third-order valence-corrected chi connectivity index (χ3v) is 4.05. The van der Waals surface area contributed by atoms with E-state index in [0.717, 1.165) is 16.0 Å². The molecule has 0 spiro atoms. The van der Waals surface area contributed by atoms with Gasteiger partial charge < -0.3 is 5.32 Å². The Labute approximate surface area is 132 Å². The zero-order chi connectivity index (χ0) is 15.2. The monoisotopic (exact) mass is 309 g/mol. The summed E-state index contributed by atoms with van der Waals surface area (Å²) in [5.74, 6) is 0.684. The summed E-state index contributed by atoms with van der Waals surface area (Å²) in [4.78, 5) is 21.3. The molecule has 0 unspecified atom stereocenters. The fraction of sp³-hybridized carbons (Fsp3) is 0.118. The molecule has 3 rings (SSSR count). The summed E-state index contributed by atoms with van der Waals surface area (Å²) in [5.41, 5.74) is 2.01. The number of nitrogens with zero attached hydrogens (tertiary/aromatic N) is 2. The number of thiophene rings is 1. The second-order valence-corrected chi connectivity index (χ2v) is 5.71. The van der Waals surface area contributed by atoms with Gasteiger partial charge in [0, 0.05) is 24.5 Å². The van der Waals surface area contributed by atoms with E-state index in [1.807, 2.05) is 60.2 Å². The molecule has 1 N–H and O–H groups in total. The Balaban J connectivity index is 1.54. The highest BCUT2D eigenvalue weighted by Gasteiger charge is 2.05. The van der Waals surface area contributed by atoms with Gasteiger partial charge in [0.25, 0.3) is 5.91 Å². The summed E-state index contributed by atoms with van der Waals surface area (Å²) < 4.78 is 0. The van der Waals surface area contributed by atoms with Crippen LogP contribution in [0.5, 0.6) is 0 Å². The molecule has 0 fully saturated rings. The minimum absolute atomic E-state index is 0.0307. The van der Waals surface area contributed by atoms with Gasteiger partial charge in [-0.25, -0.2) is 9.97 Å². The molecule has 1 amide bonds. The molecule has 110 valence electrons. The van der Waals surface area contributed by atoms with Gasteiger partial charge in [-0.3, -0.25) is 4.79 Å². The van der Waals surface area contributed by atoms with Crippen LogP contribution in [0.15, 0.2) is 60.2 Å². The van der Waals surface area contributed by atoms with Crippen molar-refractivity contribution in [2.75, 3.05) is 6.54 Å². The molecule has 2 aromatic heterocycles. The van der Waals surface area contributed by atoms with Gasteiger partial charge in [-0.15, -0.1) is 11.3 Å². The first-order valence-corrected chi connectivity index (χ1v) is 7.89. The fourth-order valence-electron chi connectivity index (χ4n) is 2.04. The molecule has 0 aliphatic rings. The fourth-order valence-corrected chi connectivity index (χ4v) is 2.68. The van der Waals surface area contributed by atoms with Crippen molar-refractivity contribution in [2.24, 2.45) is 0 Å². The van der Waals surface area contributed by atoms with Crippen molar-refractivity contribution in [3.05, 3.63) is 70.7 Å². The van der Waals surface area contributed by atoms with Crippen molar-refractivity contribution in [1.29, 1.82) is 0 Å². The van der Waals surface area contributed by atoms with Crippen molar-refractivity contribution < 1.29 is 4.79 Å². The maximum absolute atomic E-state index is 11.8. The van der Waals surface area contributed by atoms with E-state index in [-0.39, 0.29) is 5.91 Å². The summed E-state index contributed by atoms with van der Waals surface area (Å²) in [6, 6.07) is 13.5. The molecule has 2 heterocycles. The molecule has 1 aromatic carbocycles. The van der Waals surface area contributed by atoms with E-state index < -0.39 is 0 Å². The summed E-state index contributed by atoms with van der Waals surface area (Å²) in [7, 11) is 0. The zero-order valence-corrected chi connectivity index (χ0v) is 12.7. The maximum atomic E-state index is 11.8. The van der Waals surface area contributed by atoms with E-state index in [2.05, 4.69) is 15.3 Å². The Morgan fingerprint density at radius 2 is 1.82 bits per heavy atom. The van der Waals surface area contributed by atoms with Crippen LogP contribution in [0.1, 0.15) is 15.2 Å². The van der Waals surface area contributed by atoms with Crippen LogP contribution < -0.4 is 5.32 Å². The number of benzene rings is 1. The van der Waals surface area contributed by atoms with Crippen molar-refractivity contribution in [3.8, 4) is 11.4 Å². The standard InChI is InChI=1S/C17H15N3OS/c21-17(15-7-4-10-22-15)18-9-8-13-11-19-16(20-12-13)14-5-2-1-3-6-14/h1-7,10-12H,8-9H2,(H,18,21). The molecule has 0 radical (unpaired) electrons. The summed E-state index contributed by atoms with van der Waals surface area (Å²) >= 11 is 1.44. The Bertz CT molecular complexity index is 724. The molecule has 4 nitrogen and oxygen atoms in total. The summed E-state index contributed by atoms with van der Waals surface area (Å²) in [6.07, 6.45) is 4.34. The quantitative estimate of drug-likeness (QED) is 0.787. The molecular formula is C17H15N3OS. The highest BCUT2D eigenvalue weighted by molar-refractivity contribution is 7.12. The van der Waals surface area contributed by atoms with E-state index in [4.69, 9.17) is 0 Å². The van der Waals surface area contributed by atoms with E-state index in [1.54, 1.807) is 0 Å². The summed E-state index contributed by atoms with van der Waals surface area (Å²) in [5, 5.41) is 4.79. The van der Waals surface area contributed by atoms with Crippen molar-refractivity contribution in [2.45, 2.75) is 6.42 Å². The number of hydrogen-bond donors (Lipinski definition) is 1. The smallest absolute Gasteiger partial charge is 0.261 e. The number of hydrogen-bond acceptors (Lipinski definition) is 4. The Hall–Kier alpha value is -2.53. The minimum Gasteiger partial charge on any atom is -0.351 e. The van der Waals surface area contributed by atoms with Gasteiger partial charge in [0.05, 0.1) is 4.88 Å². The van der Waals surface area contributed by atoms with Crippen molar-refractivity contribution in [3.63, 3.8) is 0 Å². The topological polar surface area (TPSA) is 54.9 Å². The highest BCUT2D eigenvalue weighted by atomic mass is 32.1. The van der Waals surface area contributed by atoms with E-state index in [1.165, 1.54) is 11.3 Å². The maximum Gasteiger partial charge on any atom is 0.261 e. The average Bonchev–Trinajstić information content (AvgIpc) is 3.11. The van der Waals surface area contributed by atoms with Gasteiger partial charge >= 0.3 is 0 Å². The summed E-state index contributed by atoms with van der Waals surface area (Å²) in [6.45, 7) is 0.574. The van der Waals surface area contributed by atoms with Crippen LogP contribution in [0.2, 0.25) is 0 Å². The molecule has 22 heavy (non-hydrogen) atoms. The number of carbonyl (C=O) groups excluding carboxylic acids is 1. The van der Waals surface area contributed by atoms with E-state index >= 15 is 0 Å². The third-order valence-electron chi connectivity index (χ3n) is 3.18. The van der Waals surface area contributed by atoms with Crippen LogP contribution in [0.25, 0.3) is 11.4 Å². The molecule has 0 saturated heterocycles. The van der Waals surface area contributed by atoms with Crippen LogP contribution in [0, 0.1) is 0 Å². The van der Waals surface area contributed by atoms with Crippen LogP contribution in [-0.4, -0.2) is 22.4 Å². The molecule has 3 aromatic rings. The molecule has 0 atom stereocenters. The zero-order valence-electron chi connectivity index (χ0n) is 11.9. The Kier molecular flexibility index (Phi) is 4.56. The minimum atomic E-state index is -0.0307. The van der Waals surface area contributed by atoms with Gasteiger partial charge in [-0.1, -0.05) is 36.4 Å². The average molecular weight is 309 g/mol. The van der Waals surface area contributed by atoms with Crippen LogP contribution >= 0.6 is 11.3 Å². The van der Waals surface area contributed by atoms with Crippen LogP contribution in [-0.2, 0) is 6.42 Å². The predicted molar refractivity (Wildman–Crippen MR) is 87.8 cm³/mol. The van der Waals surface area contributed by atoms with Crippen LogP contribution in [0.4, 0.5) is 0 Å². The lowest BCUT2D eigenvalue weighted by molar-refractivity contribution is 0.0958. The first-order chi connectivity index (χ1) is 10.8. The second-order valence-electron chi connectivity index (χ2n) is 4.76. The van der Waals surface area contributed by atoms with Crippen molar-refractivity contribution in [1.82, 2.24) is 15.3 Å². The lowest BCUT2D eigenvalue weighted by atomic mass is 10.2.